The fraction of sp³-hybridized carbons (Fsp3) is 0.750. The standard InChI is InChI=1S/C24H34N2O9/c1-11-10-32-14-9-24(5)18(34-24)17(26(19(27)20(28)29)22(31)35-23(2,3)4)16(25(6)7)12-8-13(15(11)14)33-21(12)30/h10,12-18H,8-9H2,1-7H3,(H,28,29). The van der Waals surface area contributed by atoms with E-state index in [4.69, 9.17) is 18.9 Å². The van der Waals surface area contributed by atoms with Gasteiger partial charge in [-0.25, -0.2) is 14.5 Å². The van der Waals surface area contributed by atoms with Gasteiger partial charge < -0.3 is 29.0 Å². The maximum absolute atomic E-state index is 13.3. The van der Waals surface area contributed by atoms with Crippen molar-refractivity contribution in [3.8, 4) is 0 Å². The smallest absolute Gasteiger partial charge is 0.417 e. The number of carboxylic acids is 1. The van der Waals surface area contributed by atoms with Gasteiger partial charge in [0.25, 0.3) is 0 Å². The Morgan fingerprint density at radius 2 is 1.83 bits per heavy atom. The van der Waals surface area contributed by atoms with E-state index in [9.17, 15) is 24.3 Å². The van der Waals surface area contributed by atoms with Gasteiger partial charge in [-0.2, -0.15) is 0 Å². The van der Waals surface area contributed by atoms with E-state index in [-0.39, 0.29) is 12.0 Å². The molecular weight excluding hydrogens is 460 g/mol. The average Bonchev–Trinajstić information content (AvgIpc) is 3.01. The number of amides is 2. The lowest BCUT2D eigenvalue weighted by atomic mass is 9.76. The number of carbonyl (C=O) groups excluding carboxylic acids is 3. The molecule has 11 heteroatoms. The molecule has 3 heterocycles. The van der Waals surface area contributed by atoms with Gasteiger partial charge in [0.1, 0.15) is 23.9 Å². The summed E-state index contributed by atoms with van der Waals surface area (Å²) in [5, 5.41) is 9.61. The number of hydrogen-bond donors (Lipinski definition) is 1. The highest BCUT2D eigenvalue weighted by molar-refractivity contribution is 6.34. The number of carboxylic acid groups (broad SMARTS) is 1. The number of carbonyl (C=O) groups is 4. The second-order valence-corrected chi connectivity index (χ2v) is 11.3. The minimum absolute atomic E-state index is 0.132. The highest BCUT2D eigenvalue weighted by Gasteiger charge is 2.67. The maximum atomic E-state index is 13.3. The van der Waals surface area contributed by atoms with Crippen molar-refractivity contribution < 1.29 is 43.2 Å². The van der Waals surface area contributed by atoms with E-state index in [0.717, 1.165) is 5.57 Å². The van der Waals surface area contributed by atoms with E-state index >= 15 is 0 Å². The summed E-state index contributed by atoms with van der Waals surface area (Å²) in [4.78, 5) is 53.6. The minimum atomic E-state index is -1.81. The lowest BCUT2D eigenvalue weighted by Crippen LogP contribution is -2.62. The molecule has 3 fully saturated rings. The molecular formula is C24H34N2O9. The number of imide groups is 1. The summed E-state index contributed by atoms with van der Waals surface area (Å²) in [7, 11) is 3.43. The van der Waals surface area contributed by atoms with Crippen molar-refractivity contribution in [2.24, 2.45) is 11.8 Å². The molecule has 8 unspecified atom stereocenters. The summed E-state index contributed by atoms with van der Waals surface area (Å²) >= 11 is 0. The predicted octanol–water partition coefficient (Wildman–Crippen LogP) is 1.55. The Morgan fingerprint density at radius 3 is 2.40 bits per heavy atom. The molecule has 3 aliphatic heterocycles. The third-order valence-corrected chi connectivity index (χ3v) is 7.32. The van der Waals surface area contributed by atoms with Crippen LogP contribution in [0.2, 0.25) is 0 Å². The summed E-state index contributed by atoms with van der Waals surface area (Å²) in [6.07, 6.45) is -0.174. The van der Waals surface area contributed by atoms with Gasteiger partial charge in [-0.05, 0) is 60.7 Å². The van der Waals surface area contributed by atoms with Gasteiger partial charge >= 0.3 is 23.9 Å². The topological polar surface area (TPSA) is 135 Å². The Labute approximate surface area is 204 Å². The first-order valence-corrected chi connectivity index (χ1v) is 11.8. The van der Waals surface area contributed by atoms with Crippen LogP contribution >= 0.6 is 0 Å². The van der Waals surface area contributed by atoms with Crippen molar-refractivity contribution in [1.82, 2.24) is 9.80 Å². The van der Waals surface area contributed by atoms with Crippen molar-refractivity contribution in [3.63, 3.8) is 0 Å². The number of nitrogens with zero attached hydrogens (tertiary/aromatic N) is 2. The Kier molecular flexibility index (Phi) is 6.16. The quantitative estimate of drug-likeness (QED) is 0.342. The molecule has 8 atom stereocenters. The molecule has 1 N–H and O–H groups in total. The molecule has 1 aliphatic carbocycles. The largest absolute Gasteiger partial charge is 0.497 e. The molecule has 4 aliphatic rings. The molecule has 0 aromatic heterocycles. The third kappa shape index (κ3) is 4.51. The highest BCUT2D eigenvalue weighted by Crippen LogP contribution is 2.52. The molecule has 2 saturated heterocycles. The monoisotopic (exact) mass is 494 g/mol. The third-order valence-electron chi connectivity index (χ3n) is 7.32. The van der Waals surface area contributed by atoms with Crippen LogP contribution in [0, 0.1) is 11.8 Å². The Morgan fingerprint density at radius 1 is 1.17 bits per heavy atom. The van der Waals surface area contributed by atoms with E-state index in [1.807, 2.05) is 13.8 Å². The molecule has 0 radical (unpaired) electrons. The van der Waals surface area contributed by atoms with Gasteiger partial charge in [-0.3, -0.25) is 9.59 Å². The lowest BCUT2D eigenvalue weighted by Gasteiger charge is -2.40. The van der Waals surface area contributed by atoms with Crippen molar-refractivity contribution >= 4 is 23.9 Å². The molecule has 4 rings (SSSR count). The van der Waals surface area contributed by atoms with Crippen molar-refractivity contribution in [3.05, 3.63) is 11.8 Å². The minimum Gasteiger partial charge on any atom is -0.497 e. The summed E-state index contributed by atoms with van der Waals surface area (Å²) in [5.74, 6) is -4.58. The van der Waals surface area contributed by atoms with Gasteiger partial charge in [0, 0.05) is 12.5 Å². The second kappa shape index (κ2) is 8.48. The molecule has 2 bridgehead atoms. The molecule has 0 spiro atoms. The van der Waals surface area contributed by atoms with E-state index in [1.54, 1.807) is 46.0 Å². The summed E-state index contributed by atoms with van der Waals surface area (Å²) < 4.78 is 23.3. The lowest BCUT2D eigenvalue weighted by molar-refractivity contribution is -0.158. The summed E-state index contributed by atoms with van der Waals surface area (Å²) in [6, 6.07) is -1.88. The van der Waals surface area contributed by atoms with E-state index in [1.165, 1.54) is 0 Å². The average molecular weight is 495 g/mol. The van der Waals surface area contributed by atoms with Crippen molar-refractivity contribution in [2.45, 2.75) is 89.1 Å². The fourth-order valence-corrected chi connectivity index (χ4v) is 5.86. The molecule has 194 valence electrons. The fourth-order valence-electron chi connectivity index (χ4n) is 5.86. The number of epoxide rings is 1. The van der Waals surface area contributed by atoms with Gasteiger partial charge in [0.15, 0.2) is 0 Å². The van der Waals surface area contributed by atoms with Crippen LogP contribution in [0.4, 0.5) is 4.79 Å². The van der Waals surface area contributed by atoms with Crippen molar-refractivity contribution in [2.75, 3.05) is 14.1 Å². The first kappa shape index (κ1) is 25.4. The Balaban J connectivity index is 1.82. The number of fused-ring (bicyclic) bond motifs is 5. The van der Waals surface area contributed by atoms with Crippen molar-refractivity contribution in [1.29, 1.82) is 0 Å². The summed E-state index contributed by atoms with van der Waals surface area (Å²) in [6.45, 7) is 8.64. The molecule has 2 amide bonds. The molecule has 1 saturated carbocycles. The van der Waals surface area contributed by atoms with Crippen LogP contribution in [0.25, 0.3) is 0 Å². The second-order valence-electron chi connectivity index (χ2n) is 11.3. The summed E-state index contributed by atoms with van der Waals surface area (Å²) in [5.41, 5.74) is -0.833. The Hall–Kier alpha value is -2.66. The first-order chi connectivity index (χ1) is 16.1. The molecule has 11 nitrogen and oxygen atoms in total. The normalized spacial score (nSPS) is 37.9. The van der Waals surface area contributed by atoms with Crippen LogP contribution in [0.3, 0.4) is 0 Å². The van der Waals surface area contributed by atoms with Crippen LogP contribution in [0.5, 0.6) is 0 Å². The highest BCUT2D eigenvalue weighted by atomic mass is 16.6. The predicted molar refractivity (Wildman–Crippen MR) is 120 cm³/mol. The van der Waals surface area contributed by atoms with Crippen LogP contribution in [0.1, 0.15) is 47.5 Å². The van der Waals surface area contributed by atoms with Gasteiger partial charge in [-0.1, -0.05) is 0 Å². The van der Waals surface area contributed by atoms with E-state index < -0.39 is 65.4 Å². The SMILES string of the molecule is CC1=COC2CC3(C)OC3C(N(C(=O)OC(C)(C)C)C(=O)C(=O)O)C(N(C)C)C3CC(OC3=O)C12. The number of likely N-dealkylation sites (N-methyl/N-ethyl adjacent to an activating group) is 1. The number of aliphatic carboxylic acids is 1. The zero-order valence-corrected chi connectivity index (χ0v) is 21.1. The zero-order chi connectivity index (χ0) is 26.0. The Bertz CT molecular complexity index is 971. The number of rotatable bonds is 2. The van der Waals surface area contributed by atoms with Crippen LogP contribution < -0.4 is 0 Å². The molecule has 0 aromatic carbocycles. The number of hydrogen-bond acceptors (Lipinski definition) is 9. The van der Waals surface area contributed by atoms with E-state index in [2.05, 4.69) is 0 Å². The van der Waals surface area contributed by atoms with Gasteiger partial charge in [-0.15, -0.1) is 0 Å². The zero-order valence-electron chi connectivity index (χ0n) is 21.1. The van der Waals surface area contributed by atoms with E-state index in [0.29, 0.717) is 17.7 Å². The first-order valence-electron chi connectivity index (χ1n) is 11.8. The molecule has 0 aromatic rings. The molecule has 35 heavy (non-hydrogen) atoms. The van der Waals surface area contributed by atoms with Gasteiger partial charge in [0.05, 0.1) is 29.7 Å². The van der Waals surface area contributed by atoms with Crippen LogP contribution in [0.15, 0.2) is 11.8 Å². The van der Waals surface area contributed by atoms with Crippen LogP contribution in [-0.2, 0) is 33.3 Å². The number of ether oxygens (including phenoxy) is 4. The van der Waals surface area contributed by atoms with Crippen LogP contribution in [-0.4, -0.2) is 94.5 Å². The van der Waals surface area contributed by atoms with Gasteiger partial charge in [0.2, 0.25) is 0 Å². The maximum Gasteiger partial charge on any atom is 0.417 e. The number of esters is 1.